The molecule has 1 aromatic carbocycles. The van der Waals surface area contributed by atoms with Crippen molar-refractivity contribution in [1.82, 2.24) is 19.7 Å². The molecule has 0 aliphatic rings. The van der Waals surface area contributed by atoms with Gasteiger partial charge in [-0.1, -0.05) is 23.2 Å². The number of benzene rings is 1. The molecule has 3 rings (SSSR count). The van der Waals surface area contributed by atoms with Crippen molar-refractivity contribution in [3.05, 3.63) is 64.5 Å². The van der Waals surface area contributed by atoms with Crippen molar-refractivity contribution in [2.24, 2.45) is 0 Å². The molecule has 0 spiro atoms. The molecule has 0 bridgehead atoms. The molecule has 0 fully saturated rings. The third kappa shape index (κ3) is 3.15. The number of hydrogen-bond donors (Lipinski definition) is 1. The fraction of sp³-hybridized carbons (Fsp3) is 0. The van der Waals surface area contributed by atoms with E-state index in [1.165, 1.54) is 23.4 Å². The minimum atomic E-state index is -0.732. The summed E-state index contributed by atoms with van der Waals surface area (Å²) in [6.07, 6.45) is 4.32. The lowest BCUT2D eigenvalue weighted by molar-refractivity contribution is 0.102. The van der Waals surface area contributed by atoms with E-state index in [0.29, 0.717) is 11.5 Å². The monoisotopic (exact) mass is 351 g/mol. The second-order valence-corrected chi connectivity index (χ2v) is 5.23. The van der Waals surface area contributed by atoms with Crippen molar-refractivity contribution in [1.29, 1.82) is 0 Å². The van der Waals surface area contributed by atoms with Crippen LogP contribution in [0.2, 0.25) is 10.0 Å². The molecule has 116 valence electrons. The summed E-state index contributed by atoms with van der Waals surface area (Å²) < 4.78 is 14.9. The van der Waals surface area contributed by atoms with Gasteiger partial charge >= 0.3 is 0 Å². The minimum absolute atomic E-state index is 0.0399. The Balaban J connectivity index is 1.94. The Kier molecular flexibility index (Phi) is 4.22. The van der Waals surface area contributed by atoms with Crippen molar-refractivity contribution >= 4 is 34.8 Å². The molecular formula is C14H8Cl2FN5O. The molecule has 3 aromatic rings. The van der Waals surface area contributed by atoms with Gasteiger partial charge in [-0.25, -0.2) is 19.0 Å². The Hall–Kier alpha value is -2.51. The van der Waals surface area contributed by atoms with Gasteiger partial charge in [0.2, 0.25) is 0 Å². The first kappa shape index (κ1) is 15.4. The molecule has 1 N–H and O–H groups in total. The Morgan fingerprint density at radius 3 is 2.83 bits per heavy atom. The molecular weight excluding hydrogens is 344 g/mol. The molecule has 0 saturated carbocycles. The molecule has 2 aromatic heterocycles. The molecule has 0 aliphatic heterocycles. The number of nitrogens with one attached hydrogen (secondary N) is 1. The topological polar surface area (TPSA) is 72.7 Å². The van der Waals surface area contributed by atoms with Crippen LogP contribution in [-0.2, 0) is 0 Å². The summed E-state index contributed by atoms with van der Waals surface area (Å²) in [7, 11) is 0. The van der Waals surface area contributed by atoms with Gasteiger partial charge in [-0.2, -0.15) is 5.10 Å². The quantitative estimate of drug-likeness (QED) is 0.734. The third-order valence-corrected chi connectivity index (χ3v) is 3.53. The van der Waals surface area contributed by atoms with E-state index in [9.17, 15) is 9.18 Å². The van der Waals surface area contributed by atoms with Gasteiger partial charge in [0.05, 0.1) is 21.3 Å². The maximum absolute atomic E-state index is 13.6. The maximum atomic E-state index is 13.6. The number of pyridine rings is 1. The van der Waals surface area contributed by atoms with Crippen LogP contribution in [0.25, 0.3) is 5.82 Å². The van der Waals surface area contributed by atoms with Gasteiger partial charge in [-0.15, -0.1) is 0 Å². The number of carbonyl (C=O) groups excluding carboxylic acids is 1. The zero-order chi connectivity index (χ0) is 16.4. The van der Waals surface area contributed by atoms with Crippen LogP contribution >= 0.6 is 23.2 Å². The summed E-state index contributed by atoms with van der Waals surface area (Å²) in [6.45, 7) is 0. The molecule has 23 heavy (non-hydrogen) atoms. The number of carbonyl (C=O) groups is 1. The summed E-state index contributed by atoms with van der Waals surface area (Å²) >= 11 is 11.6. The zero-order valence-corrected chi connectivity index (χ0v) is 12.9. The van der Waals surface area contributed by atoms with E-state index in [1.807, 2.05) is 0 Å². The van der Waals surface area contributed by atoms with Crippen LogP contribution in [0.3, 0.4) is 0 Å². The van der Waals surface area contributed by atoms with E-state index in [4.69, 9.17) is 23.2 Å². The standard InChI is InChI=1S/C14H8Cl2FN5O/c15-9-5-10(16)11(17)4-8(9)14(23)21-12-2-1-3-19-13(12)22-7-18-6-20-22/h1-7H,(H,21,23). The molecule has 0 atom stereocenters. The van der Waals surface area contributed by atoms with Gasteiger partial charge < -0.3 is 5.32 Å². The van der Waals surface area contributed by atoms with E-state index in [0.717, 1.165) is 6.07 Å². The fourth-order valence-corrected chi connectivity index (χ4v) is 2.35. The molecule has 6 nitrogen and oxygen atoms in total. The Morgan fingerprint density at radius 1 is 1.26 bits per heavy atom. The van der Waals surface area contributed by atoms with Crippen LogP contribution in [0.15, 0.2) is 43.1 Å². The summed E-state index contributed by atoms with van der Waals surface area (Å²) in [6, 6.07) is 5.42. The van der Waals surface area contributed by atoms with Gasteiger partial charge in [-0.05, 0) is 24.3 Å². The molecule has 0 unspecified atom stereocenters. The normalized spacial score (nSPS) is 10.6. The van der Waals surface area contributed by atoms with Gasteiger partial charge in [0.1, 0.15) is 18.5 Å². The van der Waals surface area contributed by atoms with Crippen molar-refractivity contribution in [2.45, 2.75) is 0 Å². The van der Waals surface area contributed by atoms with Gasteiger partial charge in [0.15, 0.2) is 5.82 Å². The first-order valence-electron chi connectivity index (χ1n) is 6.32. The average molecular weight is 352 g/mol. The second kappa shape index (κ2) is 6.31. The van der Waals surface area contributed by atoms with Crippen molar-refractivity contribution in [2.75, 3.05) is 5.32 Å². The predicted molar refractivity (Wildman–Crippen MR) is 83.5 cm³/mol. The average Bonchev–Trinajstić information content (AvgIpc) is 3.05. The van der Waals surface area contributed by atoms with Gasteiger partial charge in [0.25, 0.3) is 5.91 Å². The summed E-state index contributed by atoms with van der Waals surface area (Å²) in [4.78, 5) is 20.3. The Bertz CT molecular complexity index is 870. The predicted octanol–water partition coefficient (Wildman–Crippen LogP) is 3.36. The van der Waals surface area contributed by atoms with Gasteiger partial charge in [0, 0.05) is 6.20 Å². The van der Waals surface area contributed by atoms with Crippen LogP contribution < -0.4 is 5.32 Å². The first-order valence-corrected chi connectivity index (χ1v) is 7.08. The zero-order valence-electron chi connectivity index (χ0n) is 11.4. The number of nitrogens with zero attached hydrogens (tertiary/aromatic N) is 4. The highest BCUT2D eigenvalue weighted by Crippen LogP contribution is 2.25. The van der Waals surface area contributed by atoms with E-state index in [2.05, 4.69) is 20.4 Å². The number of hydrogen-bond acceptors (Lipinski definition) is 4. The number of rotatable bonds is 3. The van der Waals surface area contributed by atoms with E-state index in [-0.39, 0.29) is 15.6 Å². The SMILES string of the molecule is O=C(Nc1cccnc1-n1cncn1)c1cc(F)c(Cl)cc1Cl. The van der Waals surface area contributed by atoms with Crippen LogP contribution in [0, 0.1) is 5.82 Å². The van der Waals surface area contributed by atoms with Crippen LogP contribution in [-0.4, -0.2) is 25.7 Å². The van der Waals surface area contributed by atoms with Crippen LogP contribution in [0.4, 0.5) is 10.1 Å². The lowest BCUT2D eigenvalue weighted by Gasteiger charge is -2.10. The number of amides is 1. The number of anilines is 1. The van der Waals surface area contributed by atoms with E-state index >= 15 is 0 Å². The van der Waals surface area contributed by atoms with E-state index < -0.39 is 11.7 Å². The summed E-state index contributed by atoms with van der Waals surface area (Å²) in [5, 5.41) is 6.46. The maximum Gasteiger partial charge on any atom is 0.257 e. The molecule has 9 heteroatoms. The summed E-state index contributed by atoms with van der Waals surface area (Å²) in [5.41, 5.74) is 0.330. The van der Waals surface area contributed by atoms with Gasteiger partial charge in [-0.3, -0.25) is 4.79 Å². The van der Waals surface area contributed by atoms with Crippen molar-refractivity contribution in [3.8, 4) is 5.82 Å². The lowest BCUT2D eigenvalue weighted by atomic mass is 10.2. The Labute approximate surface area is 139 Å². The molecule has 2 heterocycles. The molecule has 0 radical (unpaired) electrons. The third-order valence-electron chi connectivity index (χ3n) is 2.93. The van der Waals surface area contributed by atoms with Crippen LogP contribution in [0.1, 0.15) is 10.4 Å². The van der Waals surface area contributed by atoms with Crippen molar-refractivity contribution in [3.63, 3.8) is 0 Å². The minimum Gasteiger partial charge on any atom is -0.319 e. The fourth-order valence-electron chi connectivity index (χ4n) is 1.88. The van der Waals surface area contributed by atoms with Crippen LogP contribution in [0.5, 0.6) is 0 Å². The number of aromatic nitrogens is 4. The number of halogens is 3. The highest BCUT2D eigenvalue weighted by Gasteiger charge is 2.16. The van der Waals surface area contributed by atoms with Crippen molar-refractivity contribution < 1.29 is 9.18 Å². The van der Waals surface area contributed by atoms with E-state index in [1.54, 1.807) is 18.3 Å². The largest absolute Gasteiger partial charge is 0.319 e. The molecule has 0 aliphatic carbocycles. The molecule has 1 amide bonds. The first-order chi connectivity index (χ1) is 11.1. The highest BCUT2D eigenvalue weighted by molar-refractivity contribution is 6.37. The molecule has 0 saturated heterocycles. The highest BCUT2D eigenvalue weighted by atomic mass is 35.5. The summed E-state index contributed by atoms with van der Waals surface area (Å²) in [5.74, 6) is -0.965. The smallest absolute Gasteiger partial charge is 0.257 e. The Morgan fingerprint density at radius 2 is 2.09 bits per heavy atom. The second-order valence-electron chi connectivity index (χ2n) is 4.41. The lowest BCUT2D eigenvalue weighted by Crippen LogP contribution is -2.15.